The zero-order valence-electron chi connectivity index (χ0n) is 8.84. The van der Waals surface area contributed by atoms with Crippen LogP contribution in [-0.2, 0) is 9.53 Å². The van der Waals surface area contributed by atoms with Crippen molar-refractivity contribution in [3.05, 3.63) is 0 Å². The Hall–Kier alpha value is -0.730. The van der Waals surface area contributed by atoms with Crippen LogP contribution in [0.3, 0.4) is 0 Å². The molecule has 0 aliphatic rings. The summed E-state index contributed by atoms with van der Waals surface area (Å²) in [5.41, 5.74) is -0.306. The van der Waals surface area contributed by atoms with Crippen LogP contribution >= 0.6 is 0 Å². The van der Waals surface area contributed by atoms with Crippen molar-refractivity contribution in [2.24, 2.45) is 0 Å². The van der Waals surface area contributed by atoms with Crippen molar-refractivity contribution >= 4 is 5.97 Å². The van der Waals surface area contributed by atoms with Gasteiger partial charge < -0.3 is 25.3 Å². The molecule has 7 heteroatoms. The Morgan fingerprint density at radius 3 is 2.13 bits per heavy atom. The Bertz CT molecular complexity index is 221. The molecular weight excluding hydrogens is 206 g/mol. The number of hydroxylamine groups is 1. The summed E-state index contributed by atoms with van der Waals surface area (Å²) in [5.74, 6) is -1.43. The molecule has 15 heavy (non-hydrogen) atoms. The summed E-state index contributed by atoms with van der Waals surface area (Å²) in [4.78, 5) is 10.9. The summed E-state index contributed by atoms with van der Waals surface area (Å²) >= 11 is 0. The molecule has 0 radical (unpaired) electrons. The van der Waals surface area contributed by atoms with Gasteiger partial charge in [0.1, 0.15) is 12.3 Å². The quantitative estimate of drug-likeness (QED) is 0.287. The average Bonchev–Trinajstić information content (AvgIpc) is 2.15. The number of carboxylic acids is 1. The van der Waals surface area contributed by atoms with Crippen molar-refractivity contribution in [1.29, 1.82) is 0 Å². The first-order chi connectivity index (χ1) is 6.75. The highest BCUT2D eigenvalue weighted by molar-refractivity contribution is 5.78. The van der Waals surface area contributed by atoms with Crippen LogP contribution in [0.25, 0.3) is 0 Å². The highest BCUT2D eigenvalue weighted by Crippen LogP contribution is 2.20. The minimum absolute atomic E-state index is 0.987. The molecule has 0 saturated carbocycles. The van der Waals surface area contributed by atoms with Crippen LogP contribution in [0.15, 0.2) is 0 Å². The number of aliphatic hydroxyl groups is 2. The largest absolute Gasteiger partial charge is 0.479 e. The van der Waals surface area contributed by atoms with E-state index in [0.29, 0.717) is 0 Å². The third-order valence-electron chi connectivity index (χ3n) is 2.05. The zero-order valence-corrected chi connectivity index (χ0v) is 8.84. The van der Waals surface area contributed by atoms with E-state index in [9.17, 15) is 9.90 Å². The van der Waals surface area contributed by atoms with Gasteiger partial charge in [-0.15, -0.1) is 0 Å². The maximum Gasteiger partial charge on any atom is 0.338 e. The number of aliphatic carboxylic acids is 1. The summed E-state index contributed by atoms with van der Waals surface area (Å²) in [6.45, 7) is 3.71. The first-order valence-corrected chi connectivity index (χ1v) is 4.42. The standard InChI is InChI=1S/C8H17NO6/c1-4(10)6(11)8(3,7(12)13)15-5(2)9-14/h4-6,9-11,14H,1-3H3,(H,12,13)/t4?,5-,6?,8?/m0/s1. The number of rotatable bonds is 6. The molecule has 0 bridgehead atoms. The molecule has 3 unspecified atom stereocenters. The van der Waals surface area contributed by atoms with Gasteiger partial charge in [-0.1, -0.05) is 0 Å². The van der Waals surface area contributed by atoms with Gasteiger partial charge in [-0.05, 0) is 20.8 Å². The van der Waals surface area contributed by atoms with Crippen LogP contribution in [0.4, 0.5) is 0 Å². The molecule has 0 amide bonds. The molecule has 0 spiro atoms. The van der Waals surface area contributed by atoms with Gasteiger partial charge in [0.05, 0.1) is 6.10 Å². The monoisotopic (exact) mass is 223 g/mol. The van der Waals surface area contributed by atoms with Gasteiger partial charge in [-0.2, -0.15) is 5.48 Å². The van der Waals surface area contributed by atoms with E-state index in [1.807, 2.05) is 0 Å². The Morgan fingerprint density at radius 2 is 1.87 bits per heavy atom. The van der Waals surface area contributed by atoms with Gasteiger partial charge in [-0.3, -0.25) is 0 Å². The van der Waals surface area contributed by atoms with Gasteiger partial charge in [0.2, 0.25) is 0 Å². The smallest absolute Gasteiger partial charge is 0.338 e. The topological polar surface area (TPSA) is 119 Å². The number of hydrogen-bond acceptors (Lipinski definition) is 6. The van der Waals surface area contributed by atoms with Crippen molar-refractivity contribution in [1.82, 2.24) is 5.48 Å². The number of carbonyl (C=O) groups is 1. The molecule has 0 saturated heterocycles. The van der Waals surface area contributed by atoms with E-state index in [2.05, 4.69) is 0 Å². The van der Waals surface area contributed by atoms with Gasteiger partial charge in [0.15, 0.2) is 5.60 Å². The second kappa shape index (κ2) is 5.38. The molecule has 90 valence electrons. The molecule has 0 aromatic carbocycles. The summed E-state index contributed by atoms with van der Waals surface area (Å²) in [7, 11) is 0. The summed E-state index contributed by atoms with van der Waals surface area (Å²) in [6.07, 6.45) is -3.86. The van der Waals surface area contributed by atoms with Gasteiger partial charge in [-0.25, -0.2) is 4.79 Å². The van der Waals surface area contributed by atoms with E-state index in [1.165, 1.54) is 13.8 Å². The predicted molar refractivity (Wildman–Crippen MR) is 49.2 cm³/mol. The van der Waals surface area contributed by atoms with E-state index in [-0.39, 0.29) is 0 Å². The van der Waals surface area contributed by atoms with Crippen LogP contribution < -0.4 is 5.48 Å². The fourth-order valence-electron chi connectivity index (χ4n) is 1.10. The fraction of sp³-hybridized carbons (Fsp3) is 0.875. The van der Waals surface area contributed by atoms with Crippen molar-refractivity contribution < 1.29 is 30.1 Å². The molecule has 4 atom stereocenters. The highest BCUT2D eigenvalue weighted by atomic mass is 16.6. The van der Waals surface area contributed by atoms with E-state index in [4.69, 9.17) is 20.2 Å². The fourth-order valence-corrected chi connectivity index (χ4v) is 1.10. The lowest BCUT2D eigenvalue weighted by Gasteiger charge is -2.33. The van der Waals surface area contributed by atoms with Crippen LogP contribution in [0.5, 0.6) is 0 Å². The third kappa shape index (κ3) is 3.40. The highest BCUT2D eigenvalue weighted by Gasteiger charge is 2.45. The van der Waals surface area contributed by atoms with Crippen molar-refractivity contribution in [3.8, 4) is 0 Å². The van der Waals surface area contributed by atoms with Gasteiger partial charge in [0, 0.05) is 0 Å². The second-order valence-corrected chi connectivity index (χ2v) is 3.49. The molecule has 5 N–H and O–H groups in total. The SMILES string of the molecule is CC(O)C(O)C(C)(O[C@@H](C)NO)C(=O)O. The number of aliphatic hydroxyl groups excluding tert-OH is 2. The molecule has 0 aliphatic heterocycles. The van der Waals surface area contributed by atoms with Crippen molar-refractivity contribution in [3.63, 3.8) is 0 Å². The number of nitrogens with one attached hydrogen (secondary N) is 1. The molecule has 0 aromatic heterocycles. The first kappa shape index (κ1) is 14.3. The van der Waals surface area contributed by atoms with E-state index in [1.54, 1.807) is 5.48 Å². The molecule has 0 heterocycles. The lowest BCUT2D eigenvalue weighted by Crippen LogP contribution is -2.56. The van der Waals surface area contributed by atoms with Crippen LogP contribution in [0, 0.1) is 0 Å². The van der Waals surface area contributed by atoms with Gasteiger partial charge >= 0.3 is 5.97 Å². The number of carboxylic acid groups (broad SMARTS) is 1. The molecule has 0 aliphatic carbocycles. The first-order valence-electron chi connectivity index (χ1n) is 4.42. The number of hydrogen-bond donors (Lipinski definition) is 5. The molecule has 0 fully saturated rings. The van der Waals surface area contributed by atoms with E-state index < -0.39 is 30.0 Å². The number of ether oxygens (including phenoxy) is 1. The Labute approximate surface area is 87.2 Å². The van der Waals surface area contributed by atoms with E-state index >= 15 is 0 Å². The second-order valence-electron chi connectivity index (χ2n) is 3.49. The van der Waals surface area contributed by atoms with Crippen LogP contribution in [-0.4, -0.2) is 50.5 Å². The summed E-state index contributed by atoms with van der Waals surface area (Å²) in [6, 6.07) is 0. The minimum Gasteiger partial charge on any atom is -0.479 e. The molecule has 7 nitrogen and oxygen atoms in total. The van der Waals surface area contributed by atoms with Crippen molar-refractivity contribution in [2.75, 3.05) is 0 Å². The Morgan fingerprint density at radius 1 is 1.40 bits per heavy atom. The lowest BCUT2D eigenvalue weighted by atomic mass is 9.95. The molecule has 0 aromatic rings. The molecular formula is C8H17NO6. The summed E-state index contributed by atoms with van der Waals surface area (Å²) in [5, 5.41) is 36.0. The Kier molecular flexibility index (Phi) is 5.12. The van der Waals surface area contributed by atoms with Crippen molar-refractivity contribution in [2.45, 2.75) is 44.8 Å². The average molecular weight is 223 g/mol. The normalized spacial score (nSPS) is 21.5. The summed E-state index contributed by atoms with van der Waals surface area (Å²) < 4.78 is 4.90. The minimum atomic E-state index is -2.00. The van der Waals surface area contributed by atoms with Crippen LogP contribution in [0.1, 0.15) is 20.8 Å². The van der Waals surface area contributed by atoms with Crippen LogP contribution in [0.2, 0.25) is 0 Å². The molecule has 0 rings (SSSR count). The Balaban J connectivity index is 4.81. The zero-order chi connectivity index (χ0) is 12.2. The maximum absolute atomic E-state index is 10.9. The predicted octanol–water partition coefficient (Wildman–Crippen LogP) is -1.09. The maximum atomic E-state index is 10.9. The third-order valence-corrected chi connectivity index (χ3v) is 2.05. The lowest BCUT2D eigenvalue weighted by molar-refractivity contribution is -0.212. The van der Waals surface area contributed by atoms with Gasteiger partial charge in [0.25, 0.3) is 0 Å². The van der Waals surface area contributed by atoms with E-state index in [0.717, 1.165) is 6.92 Å².